The zero-order valence-electron chi connectivity index (χ0n) is 10.2. The molecule has 0 spiro atoms. The molecule has 0 amide bonds. The second-order valence-electron chi connectivity index (χ2n) is 4.29. The van der Waals surface area contributed by atoms with Gasteiger partial charge in [-0.1, -0.05) is 44.4 Å². The van der Waals surface area contributed by atoms with Crippen LogP contribution >= 0.6 is 11.6 Å². The summed E-state index contributed by atoms with van der Waals surface area (Å²) < 4.78 is 0. The van der Waals surface area contributed by atoms with Gasteiger partial charge in [-0.05, 0) is 30.5 Å². The Bertz CT molecular complexity index is 367. The summed E-state index contributed by atoms with van der Waals surface area (Å²) in [4.78, 5) is 12.0. The van der Waals surface area contributed by atoms with Gasteiger partial charge in [0.05, 0.1) is 5.02 Å². The van der Waals surface area contributed by atoms with Gasteiger partial charge in [0, 0.05) is 12.0 Å². The van der Waals surface area contributed by atoms with Crippen LogP contribution in [0.2, 0.25) is 5.02 Å². The summed E-state index contributed by atoms with van der Waals surface area (Å²) in [6.07, 6.45) is 2.70. The molecule has 1 nitrogen and oxygen atoms in total. The van der Waals surface area contributed by atoms with E-state index in [1.807, 2.05) is 25.1 Å². The van der Waals surface area contributed by atoms with Crippen LogP contribution in [0, 0.1) is 12.8 Å². The SMILES string of the molecule is CCC(CC)CC(=O)c1ccc(C)cc1Cl. The molecule has 0 N–H and O–H groups in total. The van der Waals surface area contributed by atoms with Crippen molar-refractivity contribution in [3.63, 3.8) is 0 Å². The number of Topliss-reactive ketones (excluding diaryl/α,β-unsaturated/α-hetero) is 1. The second-order valence-corrected chi connectivity index (χ2v) is 4.70. The molecule has 1 aromatic carbocycles. The van der Waals surface area contributed by atoms with E-state index in [1.54, 1.807) is 0 Å². The fourth-order valence-corrected chi connectivity index (χ4v) is 2.14. The number of rotatable bonds is 5. The van der Waals surface area contributed by atoms with Gasteiger partial charge in [0.25, 0.3) is 0 Å². The van der Waals surface area contributed by atoms with Crippen LogP contribution in [0.4, 0.5) is 0 Å². The number of ketones is 1. The normalized spacial score (nSPS) is 10.8. The molecule has 1 aromatic rings. The fourth-order valence-electron chi connectivity index (χ4n) is 1.80. The minimum atomic E-state index is 0.165. The minimum Gasteiger partial charge on any atom is -0.294 e. The fraction of sp³-hybridized carbons (Fsp3) is 0.500. The van der Waals surface area contributed by atoms with Crippen LogP contribution in [0.3, 0.4) is 0 Å². The van der Waals surface area contributed by atoms with Crippen molar-refractivity contribution in [2.45, 2.75) is 40.0 Å². The molecule has 2 heteroatoms. The molecular formula is C14H19ClO. The van der Waals surface area contributed by atoms with Gasteiger partial charge < -0.3 is 0 Å². The standard InChI is InChI=1S/C14H19ClO/c1-4-11(5-2)9-14(16)12-7-6-10(3)8-13(12)15/h6-8,11H,4-5,9H2,1-3H3. The average molecular weight is 239 g/mol. The molecule has 0 aromatic heterocycles. The number of hydrogen-bond acceptors (Lipinski definition) is 1. The van der Waals surface area contributed by atoms with E-state index in [2.05, 4.69) is 13.8 Å². The largest absolute Gasteiger partial charge is 0.294 e. The predicted octanol–water partition coefficient (Wildman–Crippen LogP) is 4.66. The van der Waals surface area contributed by atoms with Crippen molar-refractivity contribution in [2.75, 3.05) is 0 Å². The van der Waals surface area contributed by atoms with E-state index in [1.165, 1.54) is 0 Å². The summed E-state index contributed by atoms with van der Waals surface area (Å²) in [5.41, 5.74) is 1.75. The van der Waals surface area contributed by atoms with Gasteiger partial charge >= 0.3 is 0 Å². The smallest absolute Gasteiger partial charge is 0.164 e. The molecule has 16 heavy (non-hydrogen) atoms. The van der Waals surface area contributed by atoms with Gasteiger partial charge in [-0.25, -0.2) is 0 Å². The zero-order valence-corrected chi connectivity index (χ0v) is 11.0. The van der Waals surface area contributed by atoms with E-state index in [-0.39, 0.29) is 5.78 Å². The first-order chi connectivity index (χ1) is 7.58. The second kappa shape index (κ2) is 6.05. The number of halogens is 1. The van der Waals surface area contributed by atoms with Crippen LogP contribution in [0.1, 0.15) is 49.0 Å². The van der Waals surface area contributed by atoms with Crippen molar-refractivity contribution in [3.8, 4) is 0 Å². The van der Waals surface area contributed by atoms with Crippen molar-refractivity contribution >= 4 is 17.4 Å². The molecule has 0 saturated heterocycles. The number of aryl methyl sites for hydroxylation is 1. The summed E-state index contributed by atoms with van der Waals surface area (Å²) in [5.74, 6) is 0.642. The van der Waals surface area contributed by atoms with E-state index in [0.717, 1.165) is 18.4 Å². The van der Waals surface area contributed by atoms with Crippen LogP contribution in [-0.4, -0.2) is 5.78 Å². The van der Waals surface area contributed by atoms with Crippen LogP contribution in [0.25, 0.3) is 0 Å². The van der Waals surface area contributed by atoms with Gasteiger partial charge in [0.1, 0.15) is 0 Å². The third-order valence-corrected chi connectivity index (χ3v) is 3.37. The summed E-state index contributed by atoms with van der Waals surface area (Å²) in [6, 6.07) is 5.62. The van der Waals surface area contributed by atoms with E-state index >= 15 is 0 Å². The van der Waals surface area contributed by atoms with Crippen molar-refractivity contribution in [1.29, 1.82) is 0 Å². The molecule has 0 aliphatic rings. The third-order valence-electron chi connectivity index (χ3n) is 3.05. The minimum absolute atomic E-state index is 0.165. The maximum absolute atomic E-state index is 12.0. The maximum Gasteiger partial charge on any atom is 0.164 e. The molecule has 0 unspecified atom stereocenters. The van der Waals surface area contributed by atoms with Crippen molar-refractivity contribution in [2.24, 2.45) is 5.92 Å². The molecule has 88 valence electrons. The predicted molar refractivity (Wildman–Crippen MR) is 69.2 cm³/mol. The van der Waals surface area contributed by atoms with Gasteiger partial charge in [-0.3, -0.25) is 4.79 Å². The lowest BCUT2D eigenvalue weighted by Crippen LogP contribution is -2.08. The van der Waals surface area contributed by atoms with Crippen LogP contribution < -0.4 is 0 Å². The molecule has 0 aliphatic heterocycles. The number of benzene rings is 1. The van der Waals surface area contributed by atoms with Gasteiger partial charge in [-0.15, -0.1) is 0 Å². The Kier molecular flexibility index (Phi) is 5.01. The Morgan fingerprint density at radius 1 is 1.31 bits per heavy atom. The third kappa shape index (κ3) is 3.34. The van der Waals surface area contributed by atoms with Crippen molar-refractivity contribution in [3.05, 3.63) is 34.3 Å². The van der Waals surface area contributed by atoms with E-state index in [4.69, 9.17) is 11.6 Å². The quantitative estimate of drug-likeness (QED) is 0.682. The molecule has 0 bridgehead atoms. The molecule has 0 saturated carbocycles. The van der Waals surface area contributed by atoms with Gasteiger partial charge in [-0.2, -0.15) is 0 Å². The molecule has 0 aliphatic carbocycles. The lowest BCUT2D eigenvalue weighted by atomic mass is 9.94. The van der Waals surface area contributed by atoms with Crippen molar-refractivity contribution < 1.29 is 4.79 Å². The Morgan fingerprint density at radius 3 is 2.44 bits per heavy atom. The Morgan fingerprint density at radius 2 is 1.94 bits per heavy atom. The van der Waals surface area contributed by atoms with Gasteiger partial charge in [0.2, 0.25) is 0 Å². The van der Waals surface area contributed by atoms with Crippen molar-refractivity contribution in [1.82, 2.24) is 0 Å². The van der Waals surface area contributed by atoms with Crippen LogP contribution in [0.5, 0.6) is 0 Å². The van der Waals surface area contributed by atoms with E-state index in [0.29, 0.717) is 22.9 Å². The highest BCUT2D eigenvalue weighted by atomic mass is 35.5. The molecule has 0 fully saturated rings. The molecule has 0 heterocycles. The lowest BCUT2D eigenvalue weighted by Gasteiger charge is -2.11. The topological polar surface area (TPSA) is 17.1 Å². The van der Waals surface area contributed by atoms with E-state index in [9.17, 15) is 4.79 Å². The number of carbonyl (C=O) groups excluding carboxylic acids is 1. The highest BCUT2D eigenvalue weighted by Crippen LogP contribution is 2.22. The van der Waals surface area contributed by atoms with E-state index < -0.39 is 0 Å². The average Bonchev–Trinajstić information content (AvgIpc) is 2.25. The molecule has 0 radical (unpaired) electrons. The first kappa shape index (κ1) is 13.2. The number of hydrogen-bond donors (Lipinski definition) is 0. The highest BCUT2D eigenvalue weighted by Gasteiger charge is 2.14. The van der Waals surface area contributed by atoms with Crippen LogP contribution in [-0.2, 0) is 0 Å². The Labute approximate surface area is 103 Å². The summed E-state index contributed by atoms with van der Waals surface area (Å²) in [6.45, 7) is 6.22. The summed E-state index contributed by atoms with van der Waals surface area (Å²) in [7, 11) is 0. The summed E-state index contributed by atoms with van der Waals surface area (Å²) in [5, 5.41) is 0.580. The molecular weight excluding hydrogens is 220 g/mol. The first-order valence-corrected chi connectivity index (χ1v) is 6.25. The Balaban J connectivity index is 2.80. The highest BCUT2D eigenvalue weighted by molar-refractivity contribution is 6.34. The summed E-state index contributed by atoms with van der Waals surface area (Å²) >= 11 is 6.07. The Hall–Kier alpha value is -0.820. The number of carbonyl (C=O) groups is 1. The maximum atomic E-state index is 12.0. The molecule has 0 atom stereocenters. The van der Waals surface area contributed by atoms with Gasteiger partial charge in [0.15, 0.2) is 5.78 Å². The zero-order chi connectivity index (χ0) is 12.1. The first-order valence-electron chi connectivity index (χ1n) is 5.87. The molecule has 1 rings (SSSR count). The lowest BCUT2D eigenvalue weighted by molar-refractivity contribution is 0.0959. The van der Waals surface area contributed by atoms with Crippen LogP contribution in [0.15, 0.2) is 18.2 Å². The monoisotopic (exact) mass is 238 g/mol.